The van der Waals surface area contributed by atoms with Crippen molar-refractivity contribution in [3.05, 3.63) is 144 Å². The predicted molar refractivity (Wildman–Crippen MR) is 192 cm³/mol. The highest BCUT2D eigenvalue weighted by Gasteiger charge is 2.59. The lowest BCUT2D eigenvalue weighted by Crippen LogP contribution is -2.67. The Labute approximate surface area is 308 Å². The first-order valence-corrected chi connectivity index (χ1v) is 17.3. The van der Waals surface area contributed by atoms with Crippen LogP contribution in [0.4, 0.5) is 9.59 Å². The van der Waals surface area contributed by atoms with Gasteiger partial charge < -0.3 is 24.6 Å². The highest BCUT2D eigenvalue weighted by atomic mass is 79.9. The number of amides is 3. The maximum absolute atomic E-state index is 14.7. The first-order chi connectivity index (χ1) is 25.1. The van der Waals surface area contributed by atoms with E-state index in [2.05, 4.69) is 21.2 Å². The second-order valence-electron chi connectivity index (χ2n) is 11.6. The van der Waals surface area contributed by atoms with Crippen LogP contribution in [0.3, 0.4) is 0 Å². The number of nitrogens with zero attached hydrogens (tertiary/aromatic N) is 1. The number of nitrogens with one attached hydrogen (secondary N) is 1. The van der Waals surface area contributed by atoms with E-state index in [1.807, 2.05) is 0 Å². The Kier molecular flexibility index (Phi) is 14.6. The molecule has 270 valence electrons. The molecular weight excluding hydrogens is 736 g/mol. The fourth-order valence-corrected chi connectivity index (χ4v) is 5.44. The van der Waals surface area contributed by atoms with Gasteiger partial charge in [0, 0.05) is 12.8 Å². The molecule has 3 amide bonds. The number of hydrogen-bond donors (Lipinski definition) is 2. The first-order valence-electron chi connectivity index (χ1n) is 16.2. The van der Waals surface area contributed by atoms with Gasteiger partial charge in [0.1, 0.15) is 31.6 Å². The molecule has 0 aromatic heterocycles. The largest absolute Gasteiger partial charge is 0.479 e. The Bertz CT molecular complexity index is 1810. The number of alkyl halides is 1. The molecule has 2 atom stereocenters. The van der Waals surface area contributed by atoms with E-state index < -0.39 is 73.5 Å². The number of rotatable bonds is 17. The normalized spacial score (nSPS) is 12.3. The number of imide groups is 1. The van der Waals surface area contributed by atoms with Crippen LogP contribution in [0.15, 0.2) is 121 Å². The van der Waals surface area contributed by atoms with Crippen LogP contribution in [0.1, 0.15) is 35.1 Å². The highest BCUT2D eigenvalue weighted by molar-refractivity contribution is 9.09. The Hall–Kier alpha value is -5.82. The van der Waals surface area contributed by atoms with Gasteiger partial charge in [-0.1, -0.05) is 137 Å². The number of carboxylic acid groups (broad SMARTS) is 1. The standard InChI is InChI=1S/C39H37BrN2O10/c40-24-32(43)21-22-39(35(45)46,36(47)50-25-29-15-7-2-8-16-29)42(38(49)52-27-31-19-11-4-12-20-31)34(44)33(23-28-13-5-1-6-14-28)41-37(48)51-26-30-17-9-3-10-18-30/h1-20,33H,21-27H2,(H,41,48)(H,45,46)/t33-,39-/m0/s1. The molecule has 0 spiro atoms. The lowest BCUT2D eigenvalue weighted by atomic mass is 9.89. The Morgan fingerprint density at radius 3 is 1.56 bits per heavy atom. The average molecular weight is 774 g/mol. The van der Waals surface area contributed by atoms with Crippen LogP contribution < -0.4 is 5.32 Å². The summed E-state index contributed by atoms with van der Waals surface area (Å²) in [5, 5.41) is 13.1. The summed E-state index contributed by atoms with van der Waals surface area (Å²) in [5.74, 6) is -5.29. The van der Waals surface area contributed by atoms with E-state index >= 15 is 0 Å². The molecule has 0 radical (unpaired) electrons. The third kappa shape index (κ3) is 10.8. The summed E-state index contributed by atoms with van der Waals surface area (Å²) in [4.78, 5) is 82.3. The van der Waals surface area contributed by atoms with Gasteiger partial charge in [0.05, 0.1) is 5.33 Å². The molecule has 0 fully saturated rings. The molecule has 0 saturated carbocycles. The molecule has 0 bridgehead atoms. The van der Waals surface area contributed by atoms with Gasteiger partial charge in [-0.05, 0) is 28.7 Å². The summed E-state index contributed by atoms with van der Waals surface area (Å²) < 4.78 is 16.3. The van der Waals surface area contributed by atoms with Crippen LogP contribution >= 0.6 is 15.9 Å². The Morgan fingerprint density at radius 2 is 1.10 bits per heavy atom. The number of ketones is 1. The van der Waals surface area contributed by atoms with E-state index in [-0.39, 0.29) is 23.3 Å². The molecule has 0 aliphatic carbocycles. The first kappa shape index (κ1) is 39.0. The van der Waals surface area contributed by atoms with Gasteiger partial charge in [0.15, 0.2) is 0 Å². The summed E-state index contributed by atoms with van der Waals surface area (Å²) in [6, 6.07) is 32.2. The van der Waals surface area contributed by atoms with Crippen molar-refractivity contribution in [1.29, 1.82) is 0 Å². The Balaban J connectivity index is 1.78. The maximum atomic E-state index is 14.7. The van der Waals surface area contributed by atoms with Crippen LogP contribution in [0.5, 0.6) is 0 Å². The molecule has 0 heterocycles. The van der Waals surface area contributed by atoms with Crippen molar-refractivity contribution in [2.24, 2.45) is 0 Å². The van der Waals surface area contributed by atoms with Gasteiger partial charge in [-0.15, -0.1) is 0 Å². The predicted octanol–water partition coefficient (Wildman–Crippen LogP) is 6.00. The molecule has 0 unspecified atom stereocenters. The molecule has 4 aromatic rings. The number of esters is 1. The summed E-state index contributed by atoms with van der Waals surface area (Å²) in [6.45, 7) is -0.991. The van der Waals surface area contributed by atoms with E-state index in [4.69, 9.17) is 14.2 Å². The zero-order valence-corrected chi connectivity index (χ0v) is 29.6. The SMILES string of the molecule is O=C(CBr)CC[C@](C(=O)O)(C(=O)OCc1ccccc1)N(C(=O)OCc1ccccc1)C(=O)[C@H](Cc1ccccc1)NC(=O)OCc1ccccc1. The molecule has 2 N–H and O–H groups in total. The third-order valence-electron chi connectivity index (χ3n) is 7.89. The van der Waals surface area contributed by atoms with Crippen LogP contribution in [-0.4, -0.2) is 62.7 Å². The van der Waals surface area contributed by atoms with Gasteiger partial charge in [-0.25, -0.2) is 24.1 Å². The summed E-state index contributed by atoms with van der Waals surface area (Å²) in [7, 11) is 0. The number of carbonyl (C=O) groups excluding carboxylic acids is 5. The second-order valence-corrected chi connectivity index (χ2v) is 12.1. The zero-order chi connectivity index (χ0) is 37.3. The van der Waals surface area contributed by atoms with Crippen LogP contribution in [0, 0.1) is 0 Å². The van der Waals surface area contributed by atoms with Crippen molar-refractivity contribution in [3.63, 3.8) is 0 Å². The van der Waals surface area contributed by atoms with Crippen molar-refractivity contribution >= 4 is 51.7 Å². The monoisotopic (exact) mass is 772 g/mol. The molecule has 13 heteroatoms. The summed E-state index contributed by atoms with van der Waals surface area (Å²) in [6.07, 6.45) is -4.24. The number of aliphatic carboxylic acids is 1. The Morgan fingerprint density at radius 1 is 0.654 bits per heavy atom. The fourth-order valence-electron chi connectivity index (χ4n) is 5.16. The van der Waals surface area contributed by atoms with Crippen molar-refractivity contribution < 1.29 is 48.1 Å². The minimum absolute atomic E-state index is 0.151. The number of alkyl carbamates (subject to hydrolysis) is 1. The number of Topliss-reactive ketones (excluding diaryl/α,β-unsaturated/α-hetero) is 1. The zero-order valence-electron chi connectivity index (χ0n) is 28.0. The third-order valence-corrected chi connectivity index (χ3v) is 8.52. The minimum Gasteiger partial charge on any atom is -0.479 e. The van der Waals surface area contributed by atoms with Crippen molar-refractivity contribution in [3.8, 4) is 0 Å². The maximum Gasteiger partial charge on any atom is 0.418 e. The lowest BCUT2D eigenvalue weighted by molar-refractivity contribution is -0.176. The topological polar surface area (TPSA) is 166 Å². The number of ether oxygens (including phenoxy) is 3. The van der Waals surface area contributed by atoms with Crippen LogP contribution in [-0.2, 0) is 59.6 Å². The van der Waals surface area contributed by atoms with Gasteiger partial charge in [-0.2, -0.15) is 0 Å². The lowest BCUT2D eigenvalue weighted by Gasteiger charge is -2.38. The quantitative estimate of drug-likeness (QED) is 0.0563. The minimum atomic E-state index is -3.11. The van der Waals surface area contributed by atoms with E-state index in [0.717, 1.165) is 0 Å². The number of halogens is 1. The average Bonchev–Trinajstić information content (AvgIpc) is 3.17. The van der Waals surface area contributed by atoms with E-state index in [1.165, 1.54) is 0 Å². The number of carbonyl (C=O) groups is 6. The van der Waals surface area contributed by atoms with Gasteiger partial charge in [0.2, 0.25) is 5.54 Å². The van der Waals surface area contributed by atoms with Gasteiger partial charge >= 0.3 is 24.1 Å². The highest BCUT2D eigenvalue weighted by Crippen LogP contribution is 2.29. The molecule has 0 saturated heterocycles. The summed E-state index contributed by atoms with van der Waals surface area (Å²) in [5.41, 5.74) is -0.960. The van der Waals surface area contributed by atoms with E-state index in [9.17, 15) is 33.9 Å². The number of carboxylic acids is 1. The van der Waals surface area contributed by atoms with Crippen molar-refractivity contribution in [2.45, 2.75) is 50.7 Å². The number of benzene rings is 4. The molecule has 0 aliphatic rings. The molecule has 4 rings (SSSR count). The fraction of sp³-hybridized carbons (Fsp3) is 0.231. The van der Waals surface area contributed by atoms with Gasteiger partial charge in [0.25, 0.3) is 5.91 Å². The number of hydrogen-bond acceptors (Lipinski definition) is 9. The van der Waals surface area contributed by atoms with Crippen molar-refractivity contribution in [1.82, 2.24) is 10.2 Å². The molecule has 4 aromatic carbocycles. The van der Waals surface area contributed by atoms with Crippen LogP contribution in [0.25, 0.3) is 0 Å². The second kappa shape index (κ2) is 19.5. The smallest absolute Gasteiger partial charge is 0.418 e. The molecular formula is C39H37BrN2O10. The van der Waals surface area contributed by atoms with Gasteiger partial charge in [-0.3, -0.25) is 9.59 Å². The summed E-state index contributed by atoms with van der Waals surface area (Å²) >= 11 is 3.04. The molecule has 12 nitrogen and oxygen atoms in total. The van der Waals surface area contributed by atoms with Crippen molar-refractivity contribution in [2.75, 3.05) is 5.33 Å². The van der Waals surface area contributed by atoms with E-state index in [1.54, 1.807) is 121 Å². The molecule has 52 heavy (non-hydrogen) atoms. The van der Waals surface area contributed by atoms with Crippen LogP contribution in [0.2, 0.25) is 0 Å². The van der Waals surface area contributed by atoms with E-state index in [0.29, 0.717) is 22.3 Å². The molecule has 0 aliphatic heterocycles.